The summed E-state index contributed by atoms with van der Waals surface area (Å²) < 4.78 is 0. The average molecular weight is 186 g/mol. The number of carboxylic acid groups (broad SMARTS) is 2. The maximum absolute atomic E-state index is 9.64. The lowest BCUT2D eigenvalue weighted by Crippen LogP contribution is -2.00. The molecule has 0 aromatic rings. The zero-order chi connectivity index (χ0) is 10.3. The third-order valence-corrected chi connectivity index (χ3v) is 1.61. The first-order valence-electron chi connectivity index (χ1n) is 4.12. The van der Waals surface area contributed by atoms with Crippen molar-refractivity contribution in [1.29, 1.82) is 0 Å². The molecule has 0 aliphatic heterocycles. The largest absolute Gasteiger partial charge is 0.481 e. The molecule has 0 heterocycles. The molecule has 0 unspecified atom stereocenters. The fourth-order valence-electron chi connectivity index (χ4n) is 0.641. The number of aliphatic carboxylic acids is 2. The van der Waals surface area contributed by atoms with Crippen molar-refractivity contribution in [2.24, 2.45) is 0 Å². The van der Waals surface area contributed by atoms with Gasteiger partial charge in [-0.3, -0.25) is 9.59 Å². The predicted molar refractivity (Wildman–Crippen MR) is 47.5 cm³/mol. The molecule has 4 heteroatoms. The van der Waals surface area contributed by atoms with E-state index in [1.807, 2.05) is 0 Å². The van der Waals surface area contributed by atoms with Gasteiger partial charge < -0.3 is 10.2 Å². The standard InChI is InChI=1S/C5H8.C4H6O4/c1-5-3-2-4-5;5-3(6)1-2-4(7)8/h1-4H2;1-2H2,(H,5,6)(H,7,8). The highest BCUT2D eigenvalue weighted by Crippen LogP contribution is 2.21. The van der Waals surface area contributed by atoms with Gasteiger partial charge in [0.25, 0.3) is 0 Å². The Bertz CT molecular complexity index is 188. The Balaban J connectivity index is 0.000000243. The average Bonchev–Trinajstić information content (AvgIpc) is 1.98. The summed E-state index contributed by atoms with van der Waals surface area (Å²) in [6, 6.07) is 0. The zero-order valence-electron chi connectivity index (χ0n) is 7.45. The smallest absolute Gasteiger partial charge is 0.303 e. The van der Waals surface area contributed by atoms with Crippen LogP contribution in [0.2, 0.25) is 0 Å². The number of allylic oxidation sites excluding steroid dienone is 1. The molecule has 0 amide bonds. The molecule has 1 fully saturated rings. The van der Waals surface area contributed by atoms with E-state index < -0.39 is 11.9 Å². The zero-order valence-corrected chi connectivity index (χ0v) is 7.45. The van der Waals surface area contributed by atoms with Gasteiger partial charge in [-0.05, 0) is 19.3 Å². The summed E-state index contributed by atoms with van der Waals surface area (Å²) >= 11 is 0. The molecule has 1 aliphatic rings. The van der Waals surface area contributed by atoms with Crippen molar-refractivity contribution in [3.05, 3.63) is 12.2 Å². The quantitative estimate of drug-likeness (QED) is 0.657. The van der Waals surface area contributed by atoms with Crippen LogP contribution in [-0.2, 0) is 9.59 Å². The van der Waals surface area contributed by atoms with Crippen molar-refractivity contribution < 1.29 is 19.8 Å². The predicted octanol–water partition coefficient (Wildman–Crippen LogP) is 1.66. The summed E-state index contributed by atoms with van der Waals surface area (Å²) in [5.41, 5.74) is 1.44. The minimum absolute atomic E-state index is 0.296. The van der Waals surface area contributed by atoms with Crippen LogP contribution in [0.25, 0.3) is 0 Å². The molecular weight excluding hydrogens is 172 g/mol. The number of hydrogen-bond donors (Lipinski definition) is 2. The molecular formula is C9H14O4. The SMILES string of the molecule is C=C1CCC1.O=C(O)CCC(=O)O. The van der Waals surface area contributed by atoms with Crippen LogP contribution in [0.3, 0.4) is 0 Å². The van der Waals surface area contributed by atoms with Crippen LogP contribution in [-0.4, -0.2) is 22.2 Å². The van der Waals surface area contributed by atoms with Gasteiger partial charge in [0.05, 0.1) is 12.8 Å². The number of carbonyl (C=O) groups is 2. The van der Waals surface area contributed by atoms with Crippen molar-refractivity contribution in [3.8, 4) is 0 Å². The Kier molecular flexibility index (Phi) is 5.59. The molecule has 4 nitrogen and oxygen atoms in total. The second-order valence-corrected chi connectivity index (χ2v) is 2.89. The molecule has 0 aromatic heterocycles. The fourth-order valence-corrected chi connectivity index (χ4v) is 0.641. The van der Waals surface area contributed by atoms with Gasteiger partial charge in [-0.1, -0.05) is 12.2 Å². The van der Waals surface area contributed by atoms with Gasteiger partial charge in [0.15, 0.2) is 0 Å². The lowest BCUT2D eigenvalue weighted by molar-refractivity contribution is -0.143. The van der Waals surface area contributed by atoms with Crippen LogP contribution in [0, 0.1) is 0 Å². The molecule has 0 atom stereocenters. The lowest BCUT2D eigenvalue weighted by atomic mass is 9.95. The summed E-state index contributed by atoms with van der Waals surface area (Å²) in [7, 11) is 0. The first kappa shape index (κ1) is 11.7. The van der Waals surface area contributed by atoms with Crippen LogP contribution in [0.1, 0.15) is 32.1 Å². The summed E-state index contributed by atoms with van der Waals surface area (Å²) in [4.78, 5) is 19.3. The van der Waals surface area contributed by atoms with Gasteiger partial charge in [0.2, 0.25) is 0 Å². The number of hydrogen-bond acceptors (Lipinski definition) is 2. The van der Waals surface area contributed by atoms with E-state index in [9.17, 15) is 9.59 Å². The molecule has 74 valence electrons. The van der Waals surface area contributed by atoms with E-state index in [1.165, 1.54) is 24.8 Å². The van der Waals surface area contributed by atoms with Crippen molar-refractivity contribution >= 4 is 11.9 Å². The van der Waals surface area contributed by atoms with E-state index in [4.69, 9.17) is 10.2 Å². The highest BCUT2D eigenvalue weighted by molar-refractivity contribution is 5.75. The van der Waals surface area contributed by atoms with Gasteiger partial charge in [0.1, 0.15) is 0 Å². The monoisotopic (exact) mass is 186 g/mol. The molecule has 1 saturated carbocycles. The van der Waals surface area contributed by atoms with Crippen molar-refractivity contribution in [2.75, 3.05) is 0 Å². The molecule has 0 aromatic carbocycles. The molecule has 2 N–H and O–H groups in total. The molecule has 0 saturated heterocycles. The van der Waals surface area contributed by atoms with Crippen LogP contribution in [0.4, 0.5) is 0 Å². The van der Waals surface area contributed by atoms with E-state index in [-0.39, 0.29) is 12.8 Å². The van der Waals surface area contributed by atoms with E-state index in [0.717, 1.165) is 0 Å². The first-order valence-corrected chi connectivity index (χ1v) is 4.12. The Labute approximate surface area is 76.9 Å². The van der Waals surface area contributed by atoms with Gasteiger partial charge in [-0.2, -0.15) is 0 Å². The van der Waals surface area contributed by atoms with E-state index in [1.54, 1.807) is 0 Å². The Morgan fingerprint density at radius 2 is 1.46 bits per heavy atom. The maximum Gasteiger partial charge on any atom is 0.303 e. The van der Waals surface area contributed by atoms with Gasteiger partial charge in [0, 0.05) is 0 Å². The summed E-state index contributed by atoms with van der Waals surface area (Å²) in [6.07, 6.45) is 3.38. The van der Waals surface area contributed by atoms with Crippen molar-refractivity contribution in [3.63, 3.8) is 0 Å². The highest BCUT2D eigenvalue weighted by atomic mass is 16.4. The number of rotatable bonds is 3. The third-order valence-electron chi connectivity index (χ3n) is 1.61. The van der Waals surface area contributed by atoms with Crippen LogP contribution >= 0.6 is 0 Å². The molecule has 0 radical (unpaired) electrons. The Hall–Kier alpha value is -1.32. The second-order valence-electron chi connectivity index (χ2n) is 2.89. The van der Waals surface area contributed by atoms with Crippen molar-refractivity contribution in [1.82, 2.24) is 0 Å². The Morgan fingerprint density at radius 3 is 1.54 bits per heavy atom. The van der Waals surface area contributed by atoms with Crippen molar-refractivity contribution in [2.45, 2.75) is 32.1 Å². The van der Waals surface area contributed by atoms with Gasteiger partial charge >= 0.3 is 11.9 Å². The topological polar surface area (TPSA) is 74.6 Å². The maximum atomic E-state index is 9.64. The van der Waals surface area contributed by atoms with Crippen LogP contribution < -0.4 is 0 Å². The molecule has 0 bridgehead atoms. The lowest BCUT2D eigenvalue weighted by Gasteiger charge is -2.11. The Morgan fingerprint density at radius 1 is 1.15 bits per heavy atom. The first-order chi connectivity index (χ1) is 6.02. The van der Waals surface area contributed by atoms with E-state index in [0.29, 0.717) is 0 Å². The molecule has 1 aliphatic carbocycles. The molecule has 1 rings (SSSR count). The normalized spacial score (nSPS) is 13.7. The summed E-state index contributed by atoms with van der Waals surface area (Å²) in [6.45, 7) is 3.76. The van der Waals surface area contributed by atoms with Crippen LogP contribution in [0.15, 0.2) is 12.2 Å². The molecule has 0 spiro atoms. The van der Waals surface area contributed by atoms with Crippen LogP contribution in [0.5, 0.6) is 0 Å². The van der Waals surface area contributed by atoms with Gasteiger partial charge in [-0.15, -0.1) is 0 Å². The van der Waals surface area contributed by atoms with E-state index in [2.05, 4.69) is 6.58 Å². The third kappa shape index (κ3) is 8.59. The molecule has 13 heavy (non-hydrogen) atoms. The minimum atomic E-state index is -1.08. The summed E-state index contributed by atoms with van der Waals surface area (Å²) in [5, 5.41) is 15.8. The second kappa shape index (κ2) is 6.22. The van der Waals surface area contributed by atoms with Gasteiger partial charge in [-0.25, -0.2) is 0 Å². The summed E-state index contributed by atoms with van der Waals surface area (Å²) in [5.74, 6) is -2.15. The van der Waals surface area contributed by atoms with E-state index >= 15 is 0 Å². The fraction of sp³-hybridized carbons (Fsp3) is 0.556. The number of carboxylic acids is 2. The minimum Gasteiger partial charge on any atom is -0.481 e. The highest BCUT2D eigenvalue weighted by Gasteiger charge is 2.02.